The van der Waals surface area contributed by atoms with Crippen molar-refractivity contribution in [1.29, 1.82) is 0 Å². The van der Waals surface area contributed by atoms with E-state index < -0.39 is 9.84 Å². The van der Waals surface area contributed by atoms with Crippen molar-refractivity contribution in [2.45, 2.75) is 33.2 Å². The van der Waals surface area contributed by atoms with Gasteiger partial charge in [-0.2, -0.15) is 5.10 Å². The van der Waals surface area contributed by atoms with Crippen molar-refractivity contribution in [3.05, 3.63) is 47.2 Å². The van der Waals surface area contributed by atoms with Gasteiger partial charge in [-0.1, -0.05) is 6.07 Å². The van der Waals surface area contributed by atoms with Gasteiger partial charge in [-0.05, 0) is 39.3 Å². The van der Waals surface area contributed by atoms with Gasteiger partial charge in [0.15, 0.2) is 9.84 Å². The highest BCUT2D eigenvalue weighted by Gasteiger charge is 2.31. The predicted molar refractivity (Wildman–Crippen MR) is 102 cm³/mol. The number of amides is 1. The average Bonchev–Trinajstić information content (AvgIpc) is 3.27. The lowest BCUT2D eigenvalue weighted by molar-refractivity contribution is 0.102. The van der Waals surface area contributed by atoms with Crippen molar-refractivity contribution in [2.24, 2.45) is 0 Å². The molecule has 9 heteroatoms. The van der Waals surface area contributed by atoms with Gasteiger partial charge in [0.05, 0.1) is 34.6 Å². The topological polar surface area (TPSA) is 98.4 Å². The highest BCUT2D eigenvalue weighted by Crippen LogP contribution is 2.29. The van der Waals surface area contributed by atoms with Crippen LogP contribution >= 0.6 is 0 Å². The summed E-state index contributed by atoms with van der Waals surface area (Å²) >= 11 is 0. The molecule has 1 fully saturated rings. The monoisotopic (exact) mass is 387 g/mol. The Balaban J connectivity index is 1.62. The molecule has 1 aliphatic heterocycles. The fraction of sp³-hybridized carbons (Fsp3) is 0.389. The number of imidazole rings is 1. The van der Waals surface area contributed by atoms with Crippen LogP contribution in [0.1, 0.15) is 40.0 Å². The number of carbonyl (C=O) groups excluding carboxylic acids is 1. The Bertz CT molecular complexity index is 1160. The molecule has 1 N–H and O–H groups in total. The summed E-state index contributed by atoms with van der Waals surface area (Å²) in [5.74, 6) is -0.0466. The number of anilines is 1. The second kappa shape index (κ2) is 6.19. The lowest BCUT2D eigenvalue weighted by Crippen LogP contribution is -2.15. The fourth-order valence-electron chi connectivity index (χ4n) is 3.60. The summed E-state index contributed by atoms with van der Waals surface area (Å²) in [5, 5.41) is 7.37. The Kier molecular flexibility index (Phi) is 4.06. The van der Waals surface area contributed by atoms with Crippen molar-refractivity contribution >= 4 is 27.1 Å². The molecule has 1 saturated heterocycles. The van der Waals surface area contributed by atoms with Crippen molar-refractivity contribution in [3.8, 4) is 0 Å². The molecule has 1 unspecified atom stereocenters. The van der Waals surface area contributed by atoms with Gasteiger partial charge in [0.25, 0.3) is 5.91 Å². The van der Waals surface area contributed by atoms with Gasteiger partial charge in [0.2, 0.25) is 0 Å². The first-order valence-corrected chi connectivity index (χ1v) is 10.6. The molecule has 1 atom stereocenters. The lowest BCUT2D eigenvalue weighted by Gasteiger charge is -2.11. The van der Waals surface area contributed by atoms with Gasteiger partial charge >= 0.3 is 0 Å². The quantitative estimate of drug-likeness (QED) is 0.742. The molecule has 0 aliphatic carbocycles. The van der Waals surface area contributed by atoms with Crippen LogP contribution in [0.5, 0.6) is 0 Å². The van der Waals surface area contributed by atoms with E-state index in [-0.39, 0.29) is 23.5 Å². The number of carbonyl (C=O) groups is 1. The number of hydrogen-bond donors (Lipinski definition) is 1. The van der Waals surface area contributed by atoms with Gasteiger partial charge in [0, 0.05) is 11.9 Å². The van der Waals surface area contributed by atoms with E-state index in [1.165, 1.54) is 0 Å². The predicted octanol–water partition coefficient (Wildman–Crippen LogP) is 2.07. The van der Waals surface area contributed by atoms with Gasteiger partial charge in [-0.25, -0.2) is 13.4 Å². The van der Waals surface area contributed by atoms with E-state index in [1.807, 2.05) is 36.4 Å². The number of nitrogens with one attached hydrogen (secondary N) is 1. The highest BCUT2D eigenvalue weighted by atomic mass is 32.2. The van der Waals surface area contributed by atoms with Crippen molar-refractivity contribution in [2.75, 3.05) is 16.8 Å². The van der Waals surface area contributed by atoms with Crippen LogP contribution in [0, 0.1) is 20.8 Å². The first-order valence-electron chi connectivity index (χ1n) is 8.77. The number of aryl methyl sites for hydroxylation is 2. The summed E-state index contributed by atoms with van der Waals surface area (Å²) in [5.41, 5.74) is 4.03. The number of fused-ring (bicyclic) bond motifs is 1. The third kappa shape index (κ3) is 3.12. The number of rotatable bonds is 3. The number of hydrogen-bond acceptors (Lipinski definition) is 5. The minimum absolute atomic E-state index is 0.0913. The van der Waals surface area contributed by atoms with Crippen LogP contribution in [-0.4, -0.2) is 45.0 Å². The zero-order chi connectivity index (χ0) is 19.3. The van der Waals surface area contributed by atoms with Gasteiger partial charge < -0.3 is 9.72 Å². The van der Waals surface area contributed by atoms with Crippen molar-refractivity contribution < 1.29 is 13.2 Å². The molecule has 142 valence electrons. The van der Waals surface area contributed by atoms with E-state index in [4.69, 9.17) is 0 Å². The summed E-state index contributed by atoms with van der Waals surface area (Å²) < 4.78 is 27.1. The molecular formula is C18H21N5O3S. The summed E-state index contributed by atoms with van der Waals surface area (Å²) in [6.45, 7) is 5.59. The molecule has 4 rings (SSSR count). The molecule has 0 aromatic carbocycles. The Morgan fingerprint density at radius 3 is 2.70 bits per heavy atom. The summed E-state index contributed by atoms with van der Waals surface area (Å²) in [7, 11) is -3.01. The lowest BCUT2D eigenvalue weighted by atomic mass is 10.2. The second-order valence-electron chi connectivity index (χ2n) is 7.02. The minimum Gasteiger partial charge on any atom is -0.317 e. The second-order valence-corrected chi connectivity index (χ2v) is 9.25. The van der Waals surface area contributed by atoms with Crippen LogP contribution in [0.3, 0.4) is 0 Å². The third-order valence-corrected chi connectivity index (χ3v) is 6.80. The molecule has 27 heavy (non-hydrogen) atoms. The molecule has 0 saturated carbocycles. The van der Waals surface area contributed by atoms with Crippen LogP contribution in [0.15, 0.2) is 24.4 Å². The fourth-order valence-corrected chi connectivity index (χ4v) is 5.29. The van der Waals surface area contributed by atoms with Crippen LogP contribution < -0.4 is 5.32 Å². The van der Waals surface area contributed by atoms with Gasteiger partial charge in [0.1, 0.15) is 11.3 Å². The number of pyridine rings is 1. The smallest absolute Gasteiger partial charge is 0.275 e. The third-order valence-electron chi connectivity index (χ3n) is 5.05. The highest BCUT2D eigenvalue weighted by molar-refractivity contribution is 7.91. The molecule has 3 aromatic rings. The molecule has 0 bridgehead atoms. The number of nitrogens with zero attached hydrogens (tertiary/aromatic N) is 4. The van der Waals surface area contributed by atoms with E-state index in [1.54, 1.807) is 17.8 Å². The summed E-state index contributed by atoms with van der Waals surface area (Å²) in [4.78, 5) is 17.1. The maximum Gasteiger partial charge on any atom is 0.275 e. The van der Waals surface area contributed by atoms with Crippen LogP contribution in [0.25, 0.3) is 5.65 Å². The first-order chi connectivity index (χ1) is 12.7. The molecule has 1 amide bonds. The SMILES string of the molecule is Cc1nn(C2CCS(=O)(=O)C2)c(C)c1NC(=O)c1cn2c(C)cccc2n1. The number of aromatic nitrogens is 4. The zero-order valence-corrected chi connectivity index (χ0v) is 16.2. The zero-order valence-electron chi connectivity index (χ0n) is 15.4. The van der Waals surface area contributed by atoms with E-state index >= 15 is 0 Å². The molecular weight excluding hydrogens is 366 g/mol. The molecule has 8 nitrogen and oxygen atoms in total. The number of sulfone groups is 1. The minimum atomic E-state index is -3.01. The summed E-state index contributed by atoms with van der Waals surface area (Å²) in [6.07, 6.45) is 2.25. The normalized spacial score (nSPS) is 18.9. The summed E-state index contributed by atoms with van der Waals surface area (Å²) in [6, 6.07) is 5.51. The average molecular weight is 387 g/mol. The maximum absolute atomic E-state index is 12.7. The van der Waals surface area contributed by atoms with Crippen molar-refractivity contribution in [3.63, 3.8) is 0 Å². The Morgan fingerprint density at radius 2 is 2.04 bits per heavy atom. The maximum atomic E-state index is 12.7. The van der Waals surface area contributed by atoms with E-state index in [9.17, 15) is 13.2 Å². The molecule has 1 aliphatic rings. The van der Waals surface area contributed by atoms with E-state index in [2.05, 4.69) is 15.4 Å². The Labute approximate surface area is 157 Å². The molecule has 0 radical (unpaired) electrons. The van der Waals surface area contributed by atoms with E-state index in [0.717, 1.165) is 11.4 Å². The standard InChI is InChI=1S/C18H21N5O3S/c1-11-5-4-6-16-19-15(9-22(11)16)18(24)20-17-12(2)21-23(13(17)3)14-7-8-27(25,26)10-14/h4-6,9,14H,7-8,10H2,1-3H3,(H,20,24). The van der Waals surface area contributed by atoms with Crippen LogP contribution in [0.4, 0.5) is 5.69 Å². The largest absolute Gasteiger partial charge is 0.317 e. The van der Waals surface area contributed by atoms with Crippen LogP contribution in [0.2, 0.25) is 0 Å². The molecule has 4 heterocycles. The molecule has 0 spiro atoms. The van der Waals surface area contributed by atoms with Gasteiger partial charge in [-0.15, -0.1) is 0 Å². The van der Waals surface area contributed by atoms with E-state index in [0.29, 0.717) is 29.1 Å². The molecule has 3 aromatic heterocycles. The van der Waals surface area contributed by atoms with Gasteiger partial charge in [-0.3, -0.25) is 9.48 Å². The first kappa shape index (κ1) is 17.7. The Hall–Kier alpha value is -2.68. The van der Waals surface area contributed by atoms with Crippen LogP contribution in [-0.2, 0) is 9.84 Å². The Morgan fingerprint density at radius 1 is 1.26 bits per heavy atom. The van der Waals surface area contributed by atoms with Crippen molar-refractivity contribution in [1.82, 2.24) is 19.2 Å².